The van der Waals surface area contributed by atoms with Gasteiger partial charge in [-0.15, -0.1) is 0 Å². The Kier molecular flexibility index (Phi) is 3.89. The van der Waals surface area contributed by atoms with Crippen molar-refractivity contribution in [2.75, 3.05) is 5.32 Å². The molecule has 1 aliphatic rings. The van der Waals surface area contributed by atoms with Crippen molar-refractivity contribution >= 4 is 17.2 Å². The van der Waals surface area contributed by atoms with E-state index in [4.69, 9.17) is 4.74 Å². The summed E-state index contributed by atoms with van der Waals surface area (Å²) in [7, 11) is 0. The fourth-order valence-corrected chi connectivity index (χ4v) is 2.41. The Bertz CT molecular complexity index is 558. The van der Waals surface area contributed by atoms with Crippen LogP contribution in [0.25, 0.3) is 5.57 Å². The standard InChI is InChI=1S/C17H23NO2/c1-6-11(2)16(19)20-13-7-8-15-14(9-13)12(3)10-17(4,5)18-15/h7-11,18H,6H2,1-5H3. The molecule has 3 nitrogen and oxygen atoms in total. The molecule has 20 heavy (non-hydrogen) atoms. The van der Waals surface area contributed by atoms with Crippen molar-refractivity contribution in [1.29, 1.82) is 0 Å². The van der Waals surface area contributed by atoms with Crippen LogP contribution in [0.5, 0.6) is 5.75 Å². The van der Waals surface area contributed by atoms with Gasteiger partial charge in [-0.3, -0.25) is 4.79 Å². The van der Waals surface area contributed by atoms with Crippen molar-refractivity contribution in [3.63, 3.8) is 0 Å². The lowest BCUT2D eigenvalue weighted by molar-refractivity contribution is -0.138. The molecule has 3 heteroatoms. The number of rotatable bonds is 3. The van der Waals surface area contributed by atoms with Crippen molar-refractivity contribution < 1.29 is 9.53 Å². The number of allylic oxidation sites excluding steroid dienone is 1. The van der Waals surface area contributed by atoms with E-state index in [0.717, 1.165) is 17.7 Å². The molecule has 0 fully saturated rings. The first kappa shape index (κ1) is 14.6. The minimum Gasteiger partial charge on any atom is -0.426 e. The number of fused-ring (bicyclic) bond motifs is 1. The van der Waals surface area contributed by atoms with E-state index in [2.05, 4.69) is 32.2 Å². The van der Waals surface area contributed by atoms with Gasteiger partial charge < -0.3 is 10.1 Å². The van der Waals surface area contributed by atoms with Crippen molar-refractivity contribution in [3.05, 3.63) is 29.8 Å². The van der Waals surface area contributed by atoms with Crippen LogP contribution >= 0.6 is 0 Å². The molecule has 1 heterocycles. The summed E-state index contributed by atoms with van der Waals surface area (Å²) < 4.78 is 5.44. The highest BCUT2D eigenvalue weighted by molar-refractivity contribution is 5.82. The monoisotopic (exact) mass is 273 g/mol. The Labute approximate surface area is 121 Å². The molecule has 0 spiro atoms. The quantitative estimate of drug-likeness (QED) is 0.661. The summed E-state index contributed by atoms with van der Waals surface area (Å²) in [6.07, 6.45) is 2.98. The van der Waals surface area contributed by atoms with Crippen LogP contribution in [0.1, 0.15) is 46.6 Å². The van der Waals surface area contributed by atoms with Crippen molar-refractivity contribution in [2.24, 2.45) is 5.92 Å². The molecule has 1 unspecified atom stereocenters. The number of carbonyl (C=O) groups is 1. The van der Waals surface area contributed by atoms with E-state index in [-0.39, 0.29) is 17.4 Å². The fraction of sp³-hybridized carbons (Fsp3) is 0.471. The molecule has 1 atom stereocenters. The highest BCUT2D eigenvalue weighted by Gasteiger charge is 2.23. The van der Waals surface area contributed by atoms with E-state index in [9.17, 15) is 4.79 Å². The molecule has 0 aromatic heterocycles. The van der Waals surface area contributed by atoms with Gasteiger partial charge in [0.15, 0.2) is 0 Å². The lowest BCUT2D eigenvalue weighted by atomic mass is 9.91. The number of anilines is 1. The Balaban J connectivity index is 2.25. The summed E-state index contributed by atoms with van der Waals surface area (Å²) in [5, 5.41) is 3.46. The third kappa shape index (κ3) is 3.03. The fourth-order valence-electron chi connectivity index (χ4n) is 2.41. The Morgan fingerprint density at radius 2 is 2.10 bits per heavy atom. The zero-order valence-electron chi connectivity index (χ0n) is 12.9. The second-order valence-electron chi connectivity index (χ2n) is 6.11. The highest BCUT2D eigenvalue weighted by atomic mass is 16.5. The van der Waals surface area contributed by atoms with Gasteiger partial charge in [0.1, 0.15) is 5.75 Å². The summed E-state index contributed by atoms with van der Waals surface area (Å²) in [5.41, 5.74) is 3.33. The summed E-state index contributed by atoms with van der Waals surface area (Å²) in [4.78, 5) is 11.8. The maximum absolute atomic E-state index is 11.8. The maximum Gasteiger partial charge on any atom is 0.314 e. The molecule has 0 radical (unpaired) electrons. The van der Waals surface area contributed by atoms with Gasteiger partial charge in [-0.2, -0.15) is 0 Å². The predicted molar refractivity (Wildman–Crippen MR) is 82.9 cm³/mol. The van der Waals surface area contributed by atoms with E-state index in [0.29, 0.717) is 5.75 Å². The van der Waals surface area contributed by atoms with Crippen LogP contribution in [-0.2, 0) is 4.79 Å². The first-order chi connectivity index (χ1) is 9.32. The molecule has 1 aromatic rings. The molecule has 0 bridgehead atoms. The molecule has 1 aliphatic heterocycles. The number of esters is 1. The van der Waals surface area contributed by atoms with Crippen LogP contribution < -0.4 is 10.1 Å². The van der Waals surface area contributed by atoms with Gasteiger partial charge in [-0.25, -0.2) is 0 Å². The van der Waals surface area contributed by atoms with Gasteiger partial charge in [0, 0.05) is 11.3 Å². The molecule has 0 aliphatic carbocycles. The van der Waals surface area contributed by atoms with Gasteiger partial charge in [0.25, 0.3) is 0 Å². The number of carbonyl (C=O) groups excluding carboxylic acids is 1. The van der Waals surface area contributed by atoms with Gasteiger partial charge in [0.05, 0.1) is 11.5 Å². The van der Waals surface area contributed by atoms with Crippen molar-refractivity contribution in [2.45, 2.75) is 46.6 Å². The molecular weight excluding hydrogens is 250 g/mol. The van der Waals surface area contributed by atoms with Crippen LogP contribution in [0.4, 0.5) is 5.69 Å². The Morgan fingerprint density at radius 1 is 1.40 bits per heavy atom. The second-order valence-corrected chi connectivity index (χ2v) is 6.11. The smallest absolute Gasteiger partial charge is 0.314 e. The van der Waals surface area contributed by atoms with Crippen molar-refractivity contribution in [1.82, 2.24) is 0 Å². The van der Waals surface area contributed by atoms with Crippen LogP contribution in [0.2, 0.25) is 0 Å². The Morgan fingerprint density at radius 3 is 2.75 bits per heavy atom. The van der Waals surface area contributed by atoms with Crippen LogP contribution in [0.15, 0.2) is 24.3 Å². The lowest BCUT2D eigenvalue weighted by Crippen LogP contribution is -2.31. The van der Waals surface area contributed by atoms with E-state index in [1.807, 2.05) is 32.0 Å². The minimum atomic E-state index is -0.168. The molecular formula is C17H23NO2. The number of benzene rings is 1. The predicted octanol–water partition coefficient (Wildman–Crippen LogP) is 4.25. The van der Waals surface area contributed by atoms with E-state index < -0.39 is 0 Å². The average molecular weight is 273 g/mol. The van der Waals surface area contributed by atoms with E-state index in [1.54, 1.807) is 0 Å². The summed E-state index contributed by atoms with van der Waals surface area (Å²) >= 11 is 0. The van der Waals surface area contributed by atoms with Crippen LogP contribution in [0, 0.1) is 5.92 Å². The highest BCUT2D eigenvalue weighted by Crippen LogP contribution is 2.35. The summed E-state index contributed by atoms with van der Waals surface area (Å²) in [6.45, 7) is 10.2. The van der Waals surface area contributed by atoms with Gasteiger partial charge in [-0.05, 0) is 51.0 Å². The first-order valence-electron chi connectivity index (χ1n) is 7.16. The lowest BCUT2D eigenvalue weighted by Gasteiger charge is -2.31. The van der Waals surface area contributed by atoms with Crippen LogP contribution in [-0.4, -0.2) is 11.5 Å². The second kappa shape index (κ2) is 5.31. The molecule has 108 valence electrons. The number of ether oxygens (including phenoxy) is 1. The average Bonchev–Trinajstić information content (AvgIpc) is 2.37. The third-order valence-corrected chi connectivity index (χ3v) is 3.68. The molecule has 1 N–H and O–H groups in total. The molecule has 0 amide bonds. The summed E-state index contributed by atoms with van der Waals surface area (Å²) in [5.74, 6) is 0.376. The van der Waals surface area contributed by atoms with E-state index in [1.165, 1.54) is 5.57 Å². The topological polar surface area (TPSA) is 38.3 Å². The zero-order chi connectivity index (χ0) is 14.9. The first-order valence-corrected chi connectivity index (χ1v) is 7.16. The van der Waals surface area contributed by atoms with Crippen LogP contribution in [0.3, 0.4) is 0 Å². The Hall–Kier alpha value is -1.77. The molecule has 2 rings (SSSR count). The van der Waals surface area contributed by atoms with Gasteiger partial charge >= 0.3 is 5.97 Å². The number of hydrogen-bond acceptors (Lipinski definition) is 3. The number of nitrogens with one attached hydrogen (secondary N) is 1. The number of hydrogen-bond donors (Lipinski definition) is 1. The third-order valence-electron chi connectivity index (χ3n) is 3.68. The normalized spacial score (nSPS) is 17.6. The minimum absolute atomic E-state index is 0.0496. The maximum atomic E-state index is 11.8. The SMILES string of the molecule is CCC(C)C(=O)Oc1ccc2c(c1)C(C)=CC(C)(C)N2. The molecule has 0 saturated carbocycles. The van der Waals surface area contributed by atoms with Gasteiger partial charge in [-0.1, -0.05) is 19.9 Å². The zero-order valence-corrected chi connectivity index (χ0v) is 12.9. The largest absolute Gasteiger partial charge is 0.426 e. The molecule has 0 saturated heterocycles. The summed E-state index contributed by atoms with van der Waals surface area (Å²) in [6, 6.07) is 5.76. The molecule has 1 aromatic carbocycles. The van der Waals surface area contributed by atoms with Crippen molar-refractivity contribution in [3.8, 4) is 5.75 Å². The van der Waals surface area contributed by atoms with E-state index >= 15 is 0 Å². The van der Waals surface area contributed by atoms with Gasteiger partial charge in [0.2, 0.25) is 0 Å².